The van der Waals surface area contributed by atoms with Crippen LogP contribution in [-0.2, 0) is 12.8 Å². The van der Waals surface area contributed by atoms with Crippen molar-refractivity contribution < 1.29 is 13.6 Å². The van der Waals surface area contributed by atoms with E-state index in [4.69, 9.17) is 0 Å². The maximum atomic E-state index is 12.9. The van der Waals surface area contributed by atoms with Crippen molar-refractivity contribution in [1.82, 2.24) is 9.78 Å². The van der Waals surface area contributed by atoms with E-state index in [0.717, 1.165) is 41.8 Å². The number of hydrogen-bond acceptors (Lipinski definition) is 3. The molecule has 0 atom stereocenters. The van der Waals surface area contributed by atoms with E-state index in [2.05, 4.69) is 10.4 Å². The number of carbonyl (C=O) groups excluding carboxylic acids is 1. The van der Waals surface area contributed by atoms with Crippen molar-refractivity contribution in [3.63, 3.8) is 0 Å². The van der Waals surface area contributed by atoms with Crippen molar-refractivity contribution in [1.29, 1.82) is 0 Å². The van der Waals surface area contributed by atoms with Gasteiger partial charge in [-0.15, -0.1) is 0 Å². The number of hydrogen-bond donors (Lipinski definition) is 1. The third kappa shape index (κ3) is 3.67. The minimum Gasteiger partial charge on any atom is -0.320 e. The lowest BCUT2D eigenvalue weighted by Gasteiger charge is -2.10. The normalized spacial score (nSPS) is 13.0. The molecule has 2 aromatic carbocycles. The summed E-state index contributed by atoms with van der Waals surface area (Å²) in [6.07, 6.45) is 2.62. The van der Waals surface area contributed by atoms with Crippen LogP contribution in [0.25, 0.3) is 5.69 Å². The minimum absolute atomic E-state index is 0.334. The van der Waals surface area contributed by atoms with E-state index in [1.54, 1.807) is 24.3 Å². The van der Waals surface area contributed by atoms with Gasteiger partial charge in [-0.05, 0) is 50.5 Å². The number of aromatic nitrogens is 2. The van der Waals surface area contributed by atoms with Gasteiger partial charge in [0.15, 0.2) is 5.69 Å². The Bertz CT molecular complexity index is 1010. The summed E-state index contributed by atoms with van der Waals surface area (Å²) >= 11 is 0.417. The molecular formula is C21H19F2N3OS. The van der Waals surface area contributed by atoms with Crippen LogP contribution in [0.5, 0.6) is 0 Å². The Balaban J connectivity index is 1.66. The van der Waals surface area contributed by atoms with Crippen LogP contribution in [0.15, 0.2) is 53.4 Å². The fourth-order valence-corrected chi connectivity index (χ4v) is 4.06. The van der Waals surface area contributed by atoms with Crippen molar-refractivity contribution in [2.45, 2.75) is 36.8 Å². The molecule has 1 aliphatic carbocycles. The van der Waals surface area contributed by atoms with E-state index in [-0.39, 0.29) is 5.91 Å². The van der Waals surface area contributed by atoms with Crippen LogP contribution in [0, 0.1) is 6.92 Å². The van der Waals surface area contributed by atoms with Crippen molar-refractivity contribution >= 4 is 23.4 Å². The molecule has 0 aliphatic heterocycles. The molecule has 0 saturated carbocycles. The van der Waals surface area contributed by atoms with Crippen molar-refractivity contribution in [2.24, 2.45) is 0 Å². The second-order valence-corrected chi connectivity index (χ2v) is 7.74. The Morgan fingerprint density at radius 1 is 1.14 bits per heavy atom. The number of para-hydroxylation sites is 1. The molecule has 0 spiro atoms. The molecule has 3 aromatic rings. The molecule has 0 saturated heterocycles. The van der Waals surface area contributed by atoms with Gasteiger partial charge in [-0.2, -0.15) is 13.9 Å². The molecule has 1 amide bonds. The van der Waals surface area contributed by atoms with Gasteiger partial charge in [0.25, 0.3) is 11.7 Å². The number of anilines is 1. The Morgan fingerprint density at radius 2 is 1.89 bits per heavy atom. The molecule has 0 radical (unpaired) electrons. The predicted molar refractivity (Wildman–Crippen MR) is 107 cm³/mol. The molecule has 1 N–H and O–H groups in total. The van der Waals surface area contributed by atoms with Crippen LogP contribution in [0.1, 0.15) is 33.7 Å². The summed E-state index contributed by atoms with van der Waals surface area (Å²) in [6, 6.07) is 14.6. The zero-order valence-corrected chi connectivity index (χ0v) is 16.1. The Morgan fingerprint density at radius 3 is 2.64 bits per heavy atom. The second-order valence-electron chi connectivity index (χ2n) is 6.70. The van der Waals surface area contributed by atoms with Gasteiger partial charge in [-0.25, -0.2) is 4.68 Å². The van der Waals surface area contributed by atoms with Gasteiger partial charge in [0.2, 0.25) is 0 Å². The van der Waals surface area contributed by atoms with Crippen molar-refractivity contribution in [3.8, 4) is 5.69 Å². The first-order valence-corrected chi connectivity index (χ1v) is 9.94. The third-order valence-corrected chi connectivity index (χ3v) is 5.56. The summed E-state index contributed by atoms with van der Waals surface area (Å²) in [5, 5.41) is 7.33. The van der Waals surface area contributed by atoms with Gasteiger partial charge in [0, 0.05) is 16.2 Å². The SMILES string of the molecule is Cc1ccc(-n2nc(C(=O)Nc3ccccc3SC(F)F)c3c2CCC3)cc1. The van der Waals surface area contributed by atoms with Crippen LogP contribution in [-0.4, -0.2) is 21.4 Å². The van der Waals surface area contributed by atoms with E-state index in [1.165, 1.54) is 0 Å². The minimum atomic E-state index is -2.55. The highest BCUT2D eigenvalue weighted by molar-refractivity contribution is 7.99. The number of amides is 1. The van der Waals surface area contributed by atoms with Crippen LogP contribution in [0.4, 0.5) is 14.5 Å². The predicted octanol–water partition coefficient (Wildman–Crippen LogP) is 5.24. The largest absolute Gasteiger partial charge is 0.320 e. The maximum absolute atomic E-state index is 12.9. The van der Waals surface area contributed by atoms with Gasteiger partial charge in [0.05, 0.1) is 11.4 Å². The Kier molecular flexibility index (Phi) is 5.17. The molecule has 28 heavy (non-hydrogen) atoms. The summed E-state index contributed by atoms with van der Waals surface area (Å²) in [7, 11) is 0. The Hall–Kier alpha value is -2.67. The van der Waals surface area contributed by atoms with Gasteiger partial charge >= 0.3 is 0 Å². The average molecular weight is 399 g/mol. The molecule has 144 valence electrons. The smallest absolute Gasteiger partial charge is 0.288 e. The second kappa shape index (κ2) is 7.75. The number of nitrogens with one attached hydrogen (secondary N) is 1. The number of alkyl halides is 2. The quantitative estimate of drug-likeness (QED) is 0.597. The monoisotopic (exact) mass is 399 g/mol. The molecule has 4 rings (SSSR count). The van der Waals surface area contributed by atoms with Crippen LogP contribution in [0.2, 0.25) is 0 Å². The van der Waals surface area contributed by atoms with E-state index >= 15 is 0 Å². The molecule has 7 heteroatoms. The zero-order chi connectivity index (χ0) is 19.7. The molecule has 0 unspecified atom stereocenters. The fourth-order valence-electron chi connectivity index (χ4n) is 3.47. The lowest BCUT2D eigenvalue weighted by atomic mass is 10.2. The standard InChI is InChI=1S/C21H19F2N3OS/c1-13-9-11-14(12-10-13)26-17-7-4-5-15(17)19(25-26)20(27)24-16-6-2-3-8-18(16)28-21(22)23/h2-3,6,8-12,21H,4-5,7H2,1H3,(H,24,27). The van der Waals surface area contributed by atoms with Gasteiger partial charge in [-0.3, -0.25) is 4.79 Å². The Labute approximate surface area is 166 Å². The van der Waals surface area contributed by atoms with Crippen LogP contribution >= 0.6 is 11.8 Å². The average Bonchev–Trinajstić information content (AvgIpc) is 3.26. The van der Waals surface area contributed by atoms with E-state index in [0.29, 0.717) is 28.0 Å². The number of thioether (sulfide) groups is 1. The number of fused-ring (bicyclic) bond motifs is 1. The first-order chi connectivity index (χ1) is 13.5. The molecule has 0 fully saturated rings. The highest BCUT2D eigenvalue weighted by atomic mass is 32.2. The summed E-state index contributed by atoms with van der Waals surface area (Å²) in [6.45, 7) is 2.02. The number of rotatable bonds is 5. The molecule has 1 aliphatic rings. The molecular weight excluding hydrogens is 380 g/mol. The van der Waals surface area contributed by atoms with E-state index in [9.17, 15) is 13.6 Å². The maximum Gasteiger partial charge on any atom is 0.288 e. The first kappa shape index (κ1) is 18.7. The third-order valence-electron chi connectivity index (χ3n) is 4.78. The highest BCUT2D eigenvalue weighted by Gasteiger charge is 2.27. The summed E-state index contributed by atoms with van der Waals surface area (Å²) < 4.78 is 27.4. The highest BCUT2D eigenvalue weighted by Crippen LogP contribution is 2.33. The summed E-state index contributed by atoms with van der Waals surface area (Å²) in [4.78, 5) is 13.3. The van der Waals surface area contributed by atoms with Crippen LogP contribution in [0.3, 0.4) is 0 Å². The molecule has 1 aromatic heterocycles. The molecule has 1 heterocycles. The van der Waals surface area contributed by atoms with E-state index < -0.39 is 5.76 Å². The number of nitrogens with zero attached hydrogens (tertiary/aromatic N) is 2. The zero-order valence-electron chi connectivity index (χ0n) is 15.3. The first-order valence-electron chi connectivity index (χ1n) is 9.06. The van der Waals surface area contributed by atoms with Crippen molar-refractivity contribution in [3.05, 3.63) is 71.0 Å². The molecule has 4 nitrogen and oxygen atoms in total. The number of benzene rings is 2. The lowest BCUT2D eigenvalue weighted by Crippen LogP contribution is -2.15. The lowest BCUT2D eigenvalue weighted by molar-refractivity contribution is 0.102. The summed E-state index contributed by atoms with van der Waals surface area (Å²) in [5.41, 5.74) is 4.79. The summed E-state index contributed by atoms with van der Waals surface area (Å²) in [5.74, 6) is -2.92. The molecule has 0 bridgehead atoms. The number of carbonyl (C=O) groups is 1. The van der Waals surface area contributed by atoms with Gasteiger partial charge < -0.3 is 5.32 Å². The number of halogens is 2. The van der Waals surface area contributed by atoms with Gasteiger partial charge in [0.1, 0.15) is 0 Å². The van der Waals surface area contributed by atoms with Crippen molar-refractivity contribution in [2.75, 3.05) is 5.32 Å². The fraction of sp³-hybridized carbons (Fsp3) is 0.238. The van der Waals surface area contributed by atoms with Gasteiger partial charge in [-0.1, -0.05) is 41.6 Å². The topological polar surface area (TPSA) is 46.9 Å². The van der Waals surface area contributed by atoms with E-state index in [1.807, 2.05) is 35.9 Å². The number of aryl methyl sites for hydroxylation is 1. The van der Waals surface area contributed by atoms with Crippen LogP contribution < -0.4 is 5.32 Å².